The summed E-state index contributed by atoms with van der Waals surface area (Å²) in [6.45, 7) is 3.26. The number of nitrogens with zero attached hydrogens (tertiary/aromatic N) is 2. The molecule has 3 rings (SSSR count). The standard InChI is InChI=1S/C15H18N2O3/c18-11-16-4-6-17(7-5-16)15(19)10-12-1-2-14-13(9-12)3-8-20-14/h1-2,9,11H,3-8,10H2. The van der Waals surface area contributed by atoms with Gasteiger partial charge in [-0.1, -0.05) is 12.1 Å². The van der Waals surface area contributed by atoms with Gasteiger partial charge in [-0.25, -0.2) is 0 Å². The molecule has 1 aromatic carbocycles. The van der Waals surface area contributed by atoms with Crippen molar-refractivity contribution in [1.82, 2.24) is 9.80 Å². The van der Waals surface area contributed by atoms with Crippen molar-refractivity contribution in [2.45, 2.75) is 12.8 Å². The lowest BCUT2D eigenvalue weighted by atomic mass is 10.1. The quantitative estimate of drug-likeness (QED) is 0.753. The third kappa shape index (κ3) is 2.61. The molecule has 0 spiro atoms. The summed E-state index contributed by atoms with van der Waals surface area (Å²) in [5, 5.41) is 0. The van der Waals surface area contributed by atoms with Crippen molar-refractivity contribution < 1.29 is 14.3 Å². The Labute approximate surface area is 118 Å². The van der Waals surface area contributed by atoms with E-state index in [1.807, 2.05) is 17.0 Å². The smallest absolute Gasteiger partial charge is 0.227 e. The highest BCUT2D eigenvalue weighted by molar-refractivity contribution is 5.79. The van der Waals surface area contributed by atoms with Crippen LogP contribution in [0.2, 0.25) is 0 Å². The highest BCUT2D eigenvalue weighted by Crippen LogP contribution is 2.26. The first-order chi connectivity index (χ1) is 9.76. The van der Waals surface area contributed by atoms with Gasteiger partial charge in [0.15, 0.2) is 0 Å². The fourth-order valence-corrected chi connectivity index (χ4v) is 2.71. The Morgan fingerprint density at radius 3 is 2.80 bits per heavy atom. The van der Waals surface area contributed by atoms with E-state index in [0.717, 1.165) is 30.8 Å². The van der Waals surface area contributed by atoms with Gasteiger partial charge < -0.3 is 14.5 Å². The summed E-state index contributed by atoms with van der Waals surface area (Å²) < 4.78 is 5.46. The minimum absolute atomic E-state index is 0.134. The first-order valence-electron chi connectivity index (χ1n) is 6.98. The van der Waals surface area contributed by atoms with E-state index < -0.39 is 0 Å². The SMILES string of the molecule is O=CN1CCN(C(=O)Cc2ccc3c(c2)CCO3)CC1. The molecule has 1 saturated heterocycles. The molecule has 2 amide bonds. The van der Waals surface area contributed by atoms with Crippen LogP contribution >= 0.6 is 0 Å². The van der Waals surface area contributed by atoms with Gasteiger partial charge >= 0.3 is 0 Å². The van der Waals surface area contributed by atoms with Crippen LogP contribution < -0.4 is 4.74 Å². The van der Waals surface area contributed by atoms with E-state index in [0.29, 0.717) is 32.6 Å². The van der Waals surface area contributed by atoms with Gasteiger partial charge in [-0.3, -0.25) is 9.59 Å². The average Bonchev–Trinajstić information content (AvgIpc) is 2.95. The molecule has 0 bridgehead atoms. The van der Waals surface area contributed by atoms with Crippen molar-refractivity contribution in [2.75, 3.05) is 32.8 Å². The molecule has 20 heavy (non-hydrogen) atoms. The molecule has 1 fully saturated rings. The van der Waals surface area contributed by atoms with Gasteiger partial charge in [0.1, 0.15) is 5.75 Å². The summed E-state index contributed by atoms with van der Waals surface area (Å²) in [6, 6.07) is 5.99. The molecular weight excluding hydrogens is 256 g/mol. The molecule has 2 aliphatic heterocycles. The maximum absolute atomic E-state index is 12.3. The van der Waals surface area contributed by atoms with Gasteiger partial charge in [0.2, 0.25) is 12.3 Å². The summed E-state index contributed by atoms with van der Waals surface area (Å²) in [4.78, 5) is 26.4. The third-order valence-corrected chi connectivity index (χ3v) is 3.93. The van der Waals surface area contributed by atoms with Crippen molar-refractivity contribution in [1.29, 1.82) is 0 Å². The maximum atomic E-state index is 12.3. The van der Waals surface area contributed by atoms with Gasteiger partial charge in [-0.05, 0) is 17.2 Å². The second-order valence-electron chi connectivity index (χ2n) is 5.24. The monoisotopic (exact) mass is 274 g/mol. The Morgan fingerprint density at radius 1 is 1.25 bits per heavy atom. The number of hydrogen-bond donors (Lipinski definition) is 0. The van der Waals surface area contributed by atoms with Gasteiger partial charge in [0.25, 0.3) is 0 Å². The summed E-state index contributed by atoms with van der Waals surface area (Å²) in [6.07, 6.45) is 2.20. The van der Waals surface area contributed by atoms with E-state index in [-0.39, 0.29) is 5.91 Å². The van der Waals surface area contributed by atoms with Gasteiger partial charge in [0, 0.05) is 32.6 Å². The van der Waals surface area contributed by atoms with Crippen LogP contribution in [0.5, 0.6) is 5.75 Å². The number of ether oxygens (including phenoxy) is 1. The maximum Gasteiger partial charge on any atom is 0.227 e. The minimum Gasteiger partial charge on any atom is -0.493 e. The van der Waals surface area contributed by atoms with Crippen LogP contribution in [0.1, 0.15) is 11.1 Å². The highest BCUT2D eigenvalue weighted by Gasteiger charge is 2.21. The highest BCUT2D eigenvalue weighted by atomic mass is 16.5. The lowest BCUT2D eigenvalue weighted by Gasteiger charge is -2.32. The zero-order chi connectivity index (χ0) is 13.9. The molecule has 5 heteroatoms. The van der Waals surface area contributed by atoms with E-state index in [4.69, 9.17) is 4.74 Å². The van der Waals surface area contributed by atoms with Crippen molar-refractivity contribution in [2.24, 2.45) is 0 Å². The van der Waals surface area contributed by atoms with Gasteiger partial charge in [-0.2, -0.15) is 0 Å². The summed E-state index contributed by atoms with van der Waals surface area (Å²) in [5.41, 5.74) is 2.23. The molecule has 0 aliphatic carbocycles. The average molecular weight is 274 g/mol. The van der Waals surface area contributed by atoms with Crippen LogP contribution in [0.3, 0.4) is 0 Å². The first-order valence-corrected chi connectivity index (χ1v) is 6.98. The van der Waals surface area contributed by atoms with Crippen LogP contribution in [-0.4, -0.2) is 54.9 Å². The van der Waals surface area contributed by atoms with E-state index in [1.165, 1.54) is 5.56 Å². The van der Waals surface area contributed by atoms with Gasteiger partial charge in [0.05, 0.1) is 13.0 Å². The van der Waals surface area contributed by atoms with Crippen molar-refractivity contribution >= 4 is 12.3 Å². The first kappa shape index (κ1) is 13.0. The molecular formula is C15H18N2O3. The number of benzene rings is 1. The number of carbonyl (C=O) groups excluding carboxylic acids is 2. The molecule has 0 saturated carbocycles. The Morgan fingerprint density at radius 2 is 2.05 bits per heavy atom. The number of hydrogen-bond acceptors (Lipinski definition) is 3. The molecule has 2 heterocycles. The molecule has 0 aromatic heterocycles. The lowest BCUT2D eigenvalue weighted by Crippen LogP contribution is -2.48. The van der Waals surface area contributed by atoms with Crippen molar-refractivity contribution in [3.8, 4) is 5.75 Å². The van der Waals surface area contributed by atoms with Crippen LogP contribution in [0.15, 0.2) is 18.2 Å². The second kappa shape index (κ2) is 5.53. The lowest BCUT2D eigenvalue weighted by molar-refractivity contribution is -0.134. The number of fused-ring (bicyclic) bond motifs is 1. The molecule has 0 atom stereocenters. The number of rotatable bonds is 3. The van der Waals surface area contributed by atoms with E-state index in [9.17, 15) is 9.59 Å². The van der Waals surface area contributed by atoms with Crippen molar-refractivity contribution in [3.63, 3.8) is 0 Å². The minimum atomic E-state index is 0.134. The number of piperazine rings is 1. The Hall–Kier alpha value is -2.04. The Bertz CT molecular complexity index is 522. The van der Waals surface area contributed by atoms with Crippen LogP contribution in [0.25, 0.3) is 0 Å². The molecule has 5 nitrogen and oxygen atoms in total. The van der Waals surface area contributed by atoms with E-state index in [1.54, 1.807) is 4.90 Å². The topological polar surface area (TPSA) is 49.9 Å². The van der Waals surface area contributed by atoms with Crippen molar-refractivity contribution in [3.05, 3.63) is 29.3 Å². The fraction of sp³-hybridized carbons (Fsp3) is 0.467. The predicted octanol–water partition coefficient (Wildman–Crippen LogP) is 0.465. The third-order valence-electron chi connectivity index (χ3n) is 3.93. The number of amides is 2. The molecule has 0 radical (unpaired) electrons. The largest absolute Gasteiger partial charge is 0.493 e. The molecule has 2 aliphatic rings. The van der Waals surface area contributed by atoms with Crippen LogP contribution in [0, 0.1) is 0 Å². The molecule has 1 aromatic rings. The molecule has 0 unspecified atom stereocenters. The summed E-state index contributed by atoms with van der Waals surface area (Å²) in [7, 11) is 0. The van der Waals surface area contributed by atoms with E-state index >= 15 is 0 Å². The second-order valence-corrected chi connectivity index (χ2v) is 5.24. The van der Waals surface area contributed by atoms with Crippen LogP contribution in [0.4, 0.5) is 0 Å². The number of carbonyl (C=O) groups is 2. The Balaban J connectivity index is 1.60. The fourth-order valence-electron chi connectivity index (χ4n) is 2.71. The summed E-state index contributed by atoms with van der Waals surface area (Å²) >= 11 is 0. The van der Waals surface area contributed by atoms with Gasteiger partial charge in [-0.15, -0.1) is 0 Å². The van der Waals surface area contributed by atoms with E-state index in [2.05, 4.69) is 6.07 Å². The normalized spacial score (nSPS) is 17.6. The zero-order valence-corrected chi connectivity index (χ0v) is 11.4. The Kier molecular flexibility index (Phi) is 3.58. The zero-order valence-electron chi connectivity index (χ0n) is 11.4. The van der Waals surface area contributed by atoms with Crippen LogP contribution in [-0.2, 0) is 22.4 Å². The molecule has 0 N–H and O–H groups in total. The molecule has 106 valence electrons. The predicted molar refractivity (Wildman–Crippen MR) is 73.6 cm³/mol. The summed E-state index contributed by atoms with van der Waals surface area (Å²) in [5.74, 6) is 1.08.